The first-order valence-corrected chi connectivity index (χ1v) is 12.8. The van der Waals surface area contributed by atoms with Gasteiger partial charge in [0, 0.05) is 42.8 Å². The minimum absolute atomic E-state index is 0.0497. The number of hydrogen-bond donors (Lipinski definition) is 0. The van der Waals surface area contributed by atoms with E-state index in [1.54, 1.807) is 9.80 Å². The SMILES string of the molecule is CCCOC(=O)N1CCN(C(=O)c2ccc3c(Cl)c4c(nc3c2)CC(c2ccccc2)CC4)CC1. The van der Waals surface area contributed by atoms with Gasteiger partial charge in [-0.1, -0.05) is 54.9 Å². The molecule has 0 radical (unpaired) electrons. The molecule has 182 valence electrons. The van der Waals surface area contributed by atoms with Gasteiger partial charge in [-0.3, -0.25) is 9.78 Å². The molecular formula is C28H30ClN3O3. The average molecular weight is 492 g/mol. The lowest BCUT2D eigenvalue weighted by Crippen LogP contribution is -2.50. The number of aromatic nitrogens is 1. The molecule has 1 saturated heterocycles. The molecule has 1 fully saturated rings. The maximum atomic E-state index is 13.2. The van der Waals surface area contributed by atoms with Gasteiger partial charge in [-0.15, -0.1) is 0 Å². The molecule has 0 N–H and O–H groups in total. The predicted molar refractivity (Wildman–Crippen MR) is 137 cm³/mol. The van der Waals surface area contributed by atoms with Gasteiger partial charge in [-0.2, -0.15) is 0 Å². The Morgan fingerprint density at radius 2 is 1.80 bits per heavy atom. The molecule has 1 unspecified atom stereocenters. The molecule has 0 saturated carbocycles. The van der Waals surface area contributed by atoms with Crippen LogP contribution in [0.3, 0.4) is 0 Å². The van der Waals surface area contributed by atoms with E-state index in [4.69, 9.17) is 21.3 Å². The quantitative estimate of drug-likeness (QED) is 0.486. The molecule has 1 aromatic heterocycles. The summed E-state index contributed by atoms with van der Waals surface area (Å²) in [6.07, 6.45) is 3.30. The zero-order valence-electron chi connectivity index (χ0n) is 20.0. The van der Waals surface area contributed by atoms with Gasteiger partial charge in [0.25, 0.3) is 5.91 Å². The number of fused-ring (bicyclic) bond motifs is 2. The van der Waals surface area contributed by atoms with E-state index in [2.05, 4.69) is 24.3 Å². The maximum absolute atomic E-state index is 13.2. The second-order valence-corrected chi connectivity index (χ2v) is 9.70. The molecule has 6 nitrogen and oxygen atoms in total. The van der Waals surface area contributed by atoms with E-state index in [1.807, 2.05) is 31.2 Å². The smallest absolute Gasteiger partial charge is 0.409 e. The maximum Gasteiger partial charge on any atom is 0.409 e. The van der Waals surface area contributed by atoms with Crippen LogP contribution in [0.25, 0.3) is 10.9 Å². The Balaban J connectivity index is 1.33. The van der Waals surface area contributed by atoms with Crippen molar-refractivity contribution in [2.24, 2.45) is 0 Å². The summed E-state index contributed by atoms with van der Waals surface area (Å²) in [6.45, 7) is 4.29. The van der Waals surface area contributed by atoms with Gasteiger partial charge in [-0.05, 0) is 54.9 Å². The van der Waals surface area contributed by atoms with Crippen LogP contribution in [0.4, 0.5) is 4.79 Å². The molecule has 0 bridgehead atoms. The largest absolute Gasteiger partial charge is 0.449 e. The number of halogens is 1. The molecule has 0 spiro atoms. The second kappa shape index (κ2) is 10.2. The summed E-state index contributed by atoms with van der Waals surface area (Å²) in [4.78, 5) is 33.8. The van der Waals surface area contributed by atoms with Crippen molar-refractivity contribution < 1.29 is 14.3 Å². The fraction of sp³-hybridized carbons (Fsp3) is 0.393. The van der Waals surface area contributed by atoms with E-state index in [0.29, 0.717) is 44.3 Å². The normalized spacial score (nSPS) is 17.8. The van der Waals surface area contributed by atoms with Crippen molar-refractivity contribution in [1.29, 1.82) is 0 Å². The Bertz CT molecular complexity index is 1240. The summed E-state index contributed by atoms with van der Waals surface area (Å²) in [7, 11) is 0. The highest BCUT2D eigenvalue weighted by molar-refractivity contribution is 6.36. The molecule has 2 aromatic carbocycles. The van der Waals surface area contributed by atoms with Crippen molar-refractivity contribution in [2.45, 2.75) is 38.5 Å². The van der Waals surface area contributed by atoms with Crippen LogP contribution in [0.15, 0.2) is 48.5 Å². The minimum Gasteiger partial charge on any atom is -0.449 e. The summed E-state index contributed by atoms with van der Waals surface area (Å²) < 4.78 is 5.21. The Hall–Kier alpha value is -3.12. The zero-order valence-corrected chi connectivity index (χ0v) is 20.8. The van der Waals surface area contributed by atoms with Crippen LogP contribution in [0.1, 0.15) is 52.9 Å². The summed E-state index contributed by atoms with van der Waals surface area (Å²) in [5, 5.41) is 1.65. The third-order valence-corrected chi connectivity index (χ3v) is 7.49. The number of hydrogen-bond acceptors (Lipinski definition) is 4. The zero-order chi connectivity index (χ0) is 24.4. The number of benzene rings is 2. The van der Waals surface area contributed by atoms with Crippen molar-refractivity contribution >= 4 is 34.5 Å². The molecular weight excluding hydrogens is 462 g/mol. The number of carbonyl (C=O) groups excluding carboxylic acids is 2. The molecule has 5 rings (SSSR count). The van der Waals surface area contributed by atoms with Crippen molar-refractivity contribution in [2.75, 3.05) is 32.8 Å². The number of nitrogens with zero attached hydrogens (tertiary/aromatic N) is 3. The number of ether oxygens (including phenoxy) is 1. The number of amides is 2. The molecule has 2 amide bonds. The molecule has 1 atom stereocenters. The van der Waals surface area contributed by atoms with E-state index in [0.717, 1.165) is 52.9 Å². The lowest BCUT2D eigenvalue weighted by molar-refractivity contribution is 0.0560. The van der Waals surface area contributed by atoms with E-state index >= 15 is 0 Å². The van der Waals surface area contributed by atoms with Crippen LogP contribution in [0.5, 0.6) is 0 Å². The van der Waals surface area contributed by atoms with Crippen LogP contribution in [-0.2, 0) is 17.6 Å². The van der Waals surface area contributed by atoms with E-state index in [1.165, 1.54) is 5.56 Å². The molecule has 1 aliphatic heterocycles. The summed E-state index contributed by atoms with van der Waals surface area (Å²) in [5.74, 6) is 0.376. The van der Waals surface area contributed by atoms with E-state index in [-0.39, 0.29) is 12.0 Å². The predicted octanol–water partition coefficient (Wildman–Crippen LogP) is 5.47. The molecule has 35 heavy (non-hydrogen) atoms. The van der Waals surface area contributed by atoms with E-state index in [9.17, 15) is 9.59 Å². The van der Waals surface area contributed by atoms with E-state index < -0.39 is 0 Å². The van der Waals surface area contributed by atoms with Gasteiger partial charge in [0.1, 0.15) is 0 Å². The van der Waals surface area contributed by atoms with Crippen molar-refractivity contribution in [3.8, 4) is 0 Å². The van der Waals surface area contributed by atoms with Crippen LogP contribution in [0, 0.1) is 0 Å². The third kappa shape index (κ3) is 4.85. The summed E-state index contributed by atoms with van der Waals surface area (Å²) in [6, 6.07) is 16.2. The first kappa shape index (κ1) is 23.6. The van der Waals surface area contributed by atoms with Gasteiger partial charge < -0.3 is 14.5 Å². The Morgan fingerprint density at radius 1 is 1.06 bits per heavy atom. The molecule has 7 heteroatoms. The van der Waals surface area contributed by atoms with Crippen LogP contribution >= 0.6 is 11.6 Å². The van der Waals surface area contributed by atoms with Gasteiger partial charge in [0.05, 0.1) is 17.1 Å². The minimum atomic E-state index is -0.304. The van der Waals surface area contributed by atoms with Crippen LogP contribution in [0.2, 0.25) is 5.02 Å². The first-order chi connectivity index (χ1) is 17.0. The Morgan fingerprint density at radius 3 is 2.54 bits per heavy atom. The standard InChI is InChI=1S/C28H30ClN3O3/c1-2-16-35-28(34)32-14-12-31(13-15-32)27(33)21-9-11-23-25(18-21)30-24-17-20(8-10-22(24)26(23)29)19-6-4-3-5-7-19/h3-7,9,11,18,20H,2,8,10,12-17H2,1H3. The van der Waals surface area contributed by atoms with Crippen LogP contribution < -0.4 is 0 Å². The molecule has 2 heterocycles. The van der Waals surface area contributed by atoms with Gasteiger partial charge in [-0.25, -0.2) is 4.79 Å². The highest BCUT2D eigenvalue weighted by Gasteiger charge is 2.27. The van der Waals surface area contributed by atoms with Gasteiger partial charge in [0.2, 0.25) is 0 Å². The highest BCUT2D eigenvalue weighted by Crippen LogP contribution is 2.38. The monoisotopic (exact) mass is 491 g/mol. The van der Waals surface area contributed by atoms with Gasteiger partial charge >= 0.3 is 6.09 Å². The summed E-state index contributed by atoms with van der Waals surface area (Å²) in [5.41, 5.74) is 4.86. The second-order valence-electron chi connectivity index (χ2n) is 9.33. The Labute approximate surface area is 210 Å². The first-order valence-electron chi connectivity index (χ1n) is 12.4. The molecule has 2 aliphatic rings. The average Bonchev–Trinajstić information content (AvgIpc) is 2.91. The van der Waals surface area contributed by atoms with Crippen LogP contribution in [-0.4, -0.2) is 59.6 Å². The molecule has 1 aliphatic carbocycles. The van der Waals surface area contributed by atoms with Crippen molar-refractivity contribution in [3.63, 3.8) is 0 Å². The van der Waals surface area contributed by atoms with Crippen molar-refractivity contribution in [3.05, 3.63) is 75.9 Å². The summed E-state index contributed by atoms with van der Waals surface area (Å²) >= 11 is 6.83. The number of piperazine rings is 1. The molecule has 3 aromatic rings. The lowest BCUT2D eigenvalue weighted by Gasteiger charge is -2.34. The fourth-order valence-corrected chi connectivity index (χ4v) is 5.45. The lowest BCUT2D eigenvalue weighted by atomic mass is 9.82. The number of pyridine rings is 1. The fourth-order valence-electron chi connectivity index (χ4n) is 5.09. The number of rotatable bonds is 4. The number of carbonyl (C=O) groups is 2. The third-order valence-electron chi connectivity index (χ3n) is 7.06. The Kier molecular flexibility index (Phi) is 6.91. The highest BCUT2D eigenvalue weighted by atomic mass is 35.5. The van der Waals surface area contributed by atoms with Gasteiger partial charge in [0.15, 0.2) is 0 Å². The van der Waals surface area contributed by atoms with Crippen molar-refractivity contribution in [1.82, 2.24) is 14.8 Å². The topological polar surface area (TPSA) is 62.7 Å².